The van der Waals surface area contributed by atoms with Crippen LogP contribution in [-0.4, -0.2) is 82.3 Å². The number of piperidine rings is 1. The number of carboxylic acid groups (broad SMARTS) is 1. The number of carbonyl (C=O) groups is 4. The number of nitrogens with zero attached hydrogens (tertiary/aromatic N) is 3. The molecule has 4 rings (SSSR count). The summed E-state index contributed by atoms with van der Waals surface area (Å²) in [5.41, 5.74) is -2.79. The molecule has 2 aromatic rings. The largest absolute Gasteiger partial charge is 0.476 e. The highest BCUT2D eigenvalue weighted by atomic mass is 19.4. The fourth-order valence-electron chi connectivity index (χ4n) is 5.81. The molecule has 0 aliphatic carbocycles. The number of amides is 4. The van der Waals surface area contributed by atoms with E-state index in [0.717, 1.165) is 22.6 Å². The Bertz CT molecular complexity index is 1470. The molecule has 0 unspecified atom stereocenters. The first-order valence-electron chi connectivity index (χ1n) is 15.0. The Morgan fingerprint density at radius 2 is 1.83 bits per heavy atom. The summed E-state index contributed by atoms with van der Waals surface area (Å²) < 4.78 is 54.6. The van der Waals surface area contributed by atoms with Gasteiger partial charge in [-0.2, -0.15) is 13.2 Å². The Balaban J connectivity index is 1.67. The number of alkyl halides is 3. The third-order valence-corrected chi connectivity index (χ3v) is 7.94. The maximum atomic E-state index is 14.5. The lowest BCUT2D eigenvalue weighted by atomic mass is 9.96. The molecule has 250 valence electrons. The Kier molecular flexibility index (Phi) is 10.1. The van der Waals surface area contributed by atoms with Gasteiger partial charge in [-0.25, -0.2) is 9.59 Å². The van der Waals surface area contributed by atoms with Gasteiger partial charge < -0.3 is 34.6 Å². The van der Waals surface area contributed by atoms with Crippen LogP contribution in [0, 0.1) is 0 Å². The van der Waals surface area contributed by atoms with E-state index in [0.29, 0.717) is 12.8 Å². The van der Waals surface area contributed by atoms with Gasteiger partial charge in [-0.05, 0) is 65.2 Å². The minimum absolute atomic E-state index is 0.00893. The second-order valence-electron chi connectivity index (χ2n) is 12.3. The monoisotopic (exact) mass is 648 g/mol. The number of rotatable bonds is 8. The predicted molar refractivity (Wildman–Crippen MR) is 162 cm³/mol. The fraction of sp³-hybridized carbons (Fsp3) is 0.500. The molecule has 1 fully saturated rings. The quantitative estimate of drug-likeness (QED) is 0.386. The zero-order chi connectivity index (χ0) is 34.0. The summed E-state index contributed by atoms with van der Waals surface area (Å²) in [4.78, 5) is 55.4. The zero-order valence-corrected chi connectivity index (χ0v) is 26.4. The Morgan fingerprint density at radius 1 is 1.15 bits per heavy atom. The minimum atomic E-state index is -4.96. The van der Waals surface area contributed by atoms with Crippen LogP contribution < -0.4 is 15.0 Å². The Morgan fingerprint density at radius 3 is 2.43 bits per heavy atom. The normalized spacial score (nSPS) is 18.4. The maximum Gasteiger partial charge on any atom is 0.417 e. The first-order chi connectivity index (χ1) is 21.5. The smallest absolute Gasteiger partial charge is 0.417 e. The Labute approximate surface area is 265 Å². The third kappa shape index (κ3) is 7.65. The summed E-state index contributed by atoms with van der Waals surface area (Å²) in [5.74, 6) is -1.79. The van der Waals surface area contributed by atoms with Crippen molar-refractivity contribution >= 4 is 29.7 Å². The second kappa shape index (κ2) is 13.5. The molecule has 2 heterocycles. The minimum Gasteiger partial charge on any atom is -0.476 e. The number of benzene rings is 2. The van der Waals surface area contributed by atoms with Crippen molar-refractivity contribution in [3.8, 4) is 5.75 Å². The highest BCUT2D eigenvalue weighted by Crippen LogP contribution is 2.44. The highest BCUT2D eigenvalue weighted by Gasteiger charge is 2.46. The molecule has 4 amide bonds. The number of fused-ring (bicyclic) bond motifs is 1. The van der Waals surface area contributed by atoms with Gasteiger partial charge in [-0.3, -0.25) is 9.59 Å². The van der Waals surface area contributed by atoms with Crippen LogP contribution in [0.3, 0.4) is 0 Å². The number of hydrogen-bond donors (Lipinski definition) is 2. The van der Waals surface area contributed by atoms with E-state index in [1.165, 1.54) is 23.6 Å². The first-order valence-corrected chi connectivity index (χ1v) is 15.0. The average molecular weight is 649 g/mol. The molecule has 46 heavy (non-hydrogen) atoms. The predicted octanol–water partition coefficient (Wildman–Crippen LogP) is 5.52. The van der Waals surface area contributed by atoms with Crippen molar-refractivity contribution in [2.75, 3.05) is 24.5 Å². The highest BCUT2D eigenvalue weighted by molar-refractivity contribution is 6.05. The Hall–Kier alpha value is -4.49. The number of halogens is 3. The van der Waals surface area contributed by atoms with E-state index in [4.69, 9.17) is 9.47 Å². The van der Waals surface area contributed by atoms with Crippen LogP contribution >= 0.6 is 0 Å². The molecule has 2 aliphatic rings. The van der Waals surface area contributed by atoms with Crippen LogP contribution in [0.5, 0.6) is 5.75 Å². The molecule has 2 aromatic carbocycles. The average Bonchev–Trinajstić information content (AvgIpc) is 2.97. The molecule has 14 heteroatoms. The lowest BCUT2D eigenvalue weighted by molar-refractivity contribution is -0.138. The van der Waals surface area contributed by atoms with Crippen molar-refractivity contribution in [2.45, 2.75) is 84.0 Å². The lowest BCUT2D eigenvalue weighted by Crippen LogP contribution is -2.56. The van der Waals surface area contributed by atoms with Crippen LogP contribution in [0.25, 0.3) is 0 Å². The van der Waals surface area contributed by atoms with Crippen molar-refractivity contribution in [3.63, 3.8) is 0 Å². The molecule has 0 bridgehead atoms. The molecule has 0 saturated carbocycles. The molecular formula is C32H39F3N4O7. The third-order valence-electron chi connectivity index (χ3n) is 7.94. The van der Waals surface area contributed by atoms with Gasteiger partial charge in [0.1, 0.15) is 12.4 Å². The summed E-state index contributed by atoms with van der Waals surface area (Å²) in [5, 5.41) is 12.1. The topological polar surface area (TPSA) is 129 Å². The van der Waals surface area contributed by atoms with E-state index in [9.17, 15) is 37.5 Å². The molecule has 2 aliphatic heterocycles. The molecule has 2 N–H and O–H groups in total. The van der Waals surface area contributed by atoms with E-state index >= 15 is 0 Å². The fourth-order valence-corrected chi connectivity index (χ4v) is 5.81. The van der Waals surface area contributed by atoms with Crippen LogP contribution in [-0.2, 0) is 22.3 Å². The number of likely N-dealkylation sites (tertiary alicyclic amines) is 1. The van der Waals surface area contributed by atoms with Gasteiger partial charge in [0, 0.05) is 31.7 Å². The zero-order valence-electron chi connectivity index (χ0n) is 26.4. The van der Waals surface area contributed by atoms with Gasteiger partial charge in [0.2, 0.25) is 0 Å². The molecular weight excluding hydrogens is 609 g/mol. The number of anilines is 1. The van der Waals surface area contributed by atoms with Crippen molar-refractivity contribution in [3.05, 3.63) is 59.2 Å². The standard InChI is InChI=1S/C32H39F3N4O7/c1-19(2)39(22-12-9-13-37(17-22)30(43)44)27(40)23-14-25-26(15-24(23)32(33,34)35)46-31(4,5)28(41)38(25)16-20(3)36-29(42)45-18-21-10-7-6-8-11-21/h6-8,10-11,14-15,19-20,22H,9,12-13,16-18H2,1-5H3,(H,36,42)(H,43,44)/t20-,22+/m0/s1. The summed E-state index contributed by atoms with van der Waals surface area (Å²) in [6.45, 7) is 7.79. The van der Waals surface area contributed by atoms with E-state index in [1.807, 2.05) is 6.07 Å². The molecule has 0 spiro atoms. The number of carbonyl (C=O) groups excluding carboxylic acids is 3. The first kappa shape index (κ1) is 34.4. The number of ether oxygens (including phenoxy) is 2. The van der Waals surface area contributed by atoms with Gasteiger partial charge in [0.25, 0.3) is 11.8 Å². The summed E-state index contributed by atoms with van der Waals surface area (Å²) in [6.07, 6.45) is -6.04. The van der Waals surface area contributed by atoms with Gasteiger partial charge in [-0.15, -0.1) is 0 Å². The lowest BCUT2D eigenvalue weighted by Gasteiger charge is -2.42. The maximum absolute atomic E-state index is 14.5. The molecule has 1 saturated heterocycles. The van der Waals surface area contributed by atoms with Crippen LogP contribution in [0.1, 0.15) is 68.9 Å². The molecule has 2 atom stereocenters. The number of hydrogen-bond acceptors (Lipinski definition) is 6. The molecule has 0 radical (unpaired) electrons. The van der Waals surface area contributed by atoms with Gasteiger partial charge in [0.05, 0.1) is 22.9 Å². The van der Waals surface area contributed by atoms with E-state index in [2.05, 4.69) is 5.32 Å². The van der Waals surface area contributed by atoms with Gasteiger partial charge >= 0.3 is 18.4 Å². The van der Waals surface area contributed by atoms with E-state index in [-0.39, 0.29) is 37.7 Å². The second-order valence-corrected chi connectivity index (χ2v) is 12.3. The summed E-state index contributed by atoms with van der Waals surface area (Å²) >= 11 is 0. The summed E-state index contributed by atoms with van der Waals surface area (Å²) in [6, 6.07) is 8.77. The van der Waals surface area contributed by atoms with Crippen molar-refractivity contribution in [1.82, 2.24) is 15.1 Å². The van der Waals surface area contributed by atoms with E-state index in [1.54, 1.807) is 45.0 Å². The van der Waals surface area contributed by atoms with Crippen molar-refractivity contribution in [1.29, 1.82) is 0 Å². The van der Waals surface area contributed by atoms with Crippen LogP contribution in [0.2, 0.25) is 0 Å². The van der Waals surface area contributed by atoms with Crippen LogP contribution in [0.4, 0.5) is 28.4 Å². The van der Waals surface area contributed by atoms with Crippen molar-refractivity contribution in [2.24, 2.45) is 0 Å². The number of nitrogens with one attached hydrogen (secondary N) is 1. The molecule has 11 nitrogen and oxygen atoms in total. The SMILES string of the molecule is CC(C)N(C(=O)c1cc2c(cc1C(F)(F)F)OC(C)(C)C(=O)N2C[C@H](C)NC(=O)OCc1ccccc1)[C@@H]1CCCN(C(=O)O)C1. The number of alkyl carbamates (subject to hydrolysis) is 1. The summed E-state index contributed by atoms with van der Waals surface area (Å²) in [7, 11) is 0. The van der Waals surface area contributed by atoms with Crippen molar-refractivity contribution < 1.29 is 46.9 Å². The van der Waals surface area contributed by atoms with E-state index < -0.39 is 65.0 Å². The molecule has 0 aromatic heterocycles. The van der Waals surface area contributed by atoms with Gasteiger partial charge in [-0.1, -0.05) is 30.3 Å². The van der Waals surface area contributed by atoms with Gasteiger partial charge in [0.15, 0.2) is 5.60 Å². The van der Waals surface area contributed by atoms with Crippen LogP contribution in [0.15, 0.2) is 42.5 Å².